The van der Waals surface area contributed by atoms with Gasteiger partial charge in [-0.1, -0.05) is 17.7 Å². The number of rotatable bonds is 2. The second kappa shape index (κ2) is 4.04. The van der Waals surface area contributed by atoms with Crippen LogP contribution in [-0.4, -0.2) is 29.1 Å². The Morgan fingerprint density at radius 3 is 2.41 bits per heavy atom. The molecular formula is C11H14N4O2. The summed E-state index contributed by atoms with van der Waals surface area (Å²) in [5.74, 6) is 0.623. The van der Waals surface area contributed by atoms with Gasteiger partial charge in [-0.3, -0.25) is 10.1 Å². The summed E-state index contributed by atoms with van der Waals surface area (Å²) < 4.78 is 0. The Labute approximate surface area is 99.3 Å². The van der Waals surface area contributed by atoms with Crippen LogP contribution in [0.15, 0.2) is 29.4 Å². The van der Waals surface area contributed by atoms with E-state index in [1.165, 1.54) is 5.01 Å². The van der Waals surface area contributed by atoms with Crippen LogP contribution in [0.25, 0.3) is 0 Å². The van der Waals surface area contributed by atoms with Gasteiger partial charge in [0.15, 0.2) is 0 Å². The number of amidine groups is 1. The summed E-state index contributed by atoms with van der Waals surface area (Å²) in [6, 6.07) is 7.59. The highest BCUT2D eigenvalue weighted by Crippen LogP contribution is 2.24. The highest BCUT2D eigenvalue weighted by Gasteiger charge is 2.39. The molecule has 1 unspecified atom stereocenters. The number of hydrogen-bond donors (Lipinski definition) is 0. The lowest BCUT2D eigenvalue weighted by atomic mass is 10.2. The Balaban J connectivity index is 2.38. The van der Waals surface area contributed by atoms with Crippen LogP contribution < -0.4 is 4.90 Å². The Morgan fingerprint density at radius 1 is 1.29 bits per heavy atom. The van der Waals surface area contributed by atoms with Gasteiger partial charge in [-0.2, -0.15) is 5.10 Å². The molecule has 6 nitrogen and oxygen atoms in total. The zero-order valence-electron chi connectivity index (χ0n) is 9.99. The Hall–Kier alpha value is -2.11. The molecule has 1 aromatic carbocycles. The average Bonchev–Trinajstić information content (AvgIpc) is 2.55. The van der Waals surface area contributed by atoms with Gasteiger partial charge in [0.1, 0.15) is 5.84 Å². The summed E-state index contributed by atoms with van der Waals surface area (Å²) in [5, 5.41) is 16.5. The third-order valence-electron chi connectivity index (χ3n) is 2.72. The zero-order chi connectivity index (χ0) is 12.6. The maximum atomic E-state index is 11.1. The van der Waals surface area contributed by atoms with Crippen molar-refractivity contribution in [3.63, 3.8) is 0 Å². The first-order chi connectivity index (χ1) is 8.00. The van der Waals surface area contributed by atoms with E-state index in [1.807, 2.05) is 31.2 Å². The van der Waals surface area contributed by atoms with Gasteiger partial charge in [-0.25, -0.2) is 9.91 Å². The topological polar surface area (TPSA) is 62.0 Å². The third kappa shape index (κ3) is 1.93. The molecule has 1 heterocycles. The SMILES string of the molecule is CC1=NN(C)C([N+](=O)[O-])N1c1ccc(C)cc1. The molecule has 0 bridgehead atoms. The lowest BCUT2D eigenvalue weighted by Crippen LogP contribution is -2.46. The molecule has 0 aromatic heterocycles. The molecule has 2 rings (SSSR count). The number of hydrazone groups is 1. The fraction of sp³-hybridized carbons (Fsp3) is 0.364. The molecule has 1 atom stereocenters. The maximum Gasteiger partial charge on any atom is 0.388 e. The van der Waals surface area contributed by atoms with Crippen molar-refractivity contribution in [2.45, 2.75) is 20.1 Å². The van der Waals surface area contributed by atoms with Gasteiger partial charge >= 0.3 is 6.29 Å². The van der Waals surface area contributed by atoms with E-state index in [2.05, 4.69) is 5.10 Å². The summed E-state index contributed by atoms with van der Waals surface area (Å²) in [7, 11) is 1.60. The van der Waals surface area contributed by atoms with E-state index in [1.54, 1.807) is 18.9 Å². The molecule has 0 saturated heterocycles. The molecule has 0 fully saturated rings. The molecule has 17 heavy (non-hydrogen) atoms. The minimum Gasteiger partial charge on any atom is -0.261 e. The van der Waals surface area contributed by atoms with E-state index in [-0.39, 0.29) is 4.92 Å². The number of aryl methyl sites for hydroxylation is 1. The Morgan fingerprint density at radius 2 is 1.88 bits per heavy atom. The smallest absolute Gasteiger partial charge is 0.261 e. The van der Waals surface area contributed by atoms with E-state index in [0.29, 0.717) is 5.84 Å². The van der Waals surface area contributed by atoms with Crippen LogP contribution in [-0.2, 0) is 0 Å². The van der Waals surface area contributed by atoms with Gasteiger partial charge in [0.25, 0.3) is 0 Å². The van der Waals surface area contributed by atoms with Crippen LogP contribution in [0.3, 0.4) is 0 Å². The summed E-state index contributed by atoms with van der Waals surface area (Å²) in [5.41, 5.74) is 1.90. The lowest BCUT2D eigenvalue weighted by Gasteiger charge is -2.22. The summed E-state index contributed by atoms with van der Waals surface area (Å²) in [6.07, 6.45) is -0.960. The molecule has 90 valence electrons. The second-order valence-corrected chi connectivity index (χ2v) is 4.06. The predicted molar refractivity (Wildman–Crippen MR) is 65.3 cm³/mol. The standard InChI is InChI=1S/C11H14N4O2/c1-8-4-6-10(7-5-8)14-9(2)12-13(3)11(14)15(16)17/h4-7,11H,1-3H3. The average molecular weight is 234 g/mol. The summed E-state index contributed by atoms with van der Waals surface area (Å²) in [6.45, 7) is 3.74. The van der Waals surface area contributed by atoms with E-state index >= 15 is 0 Å². The molecule has 0 N–H and O–H groups in total. The van der Waals surface area contributed by atoms with Crippen molar-refractivity contribution in [2.24, 2.45) is 5.10 Å². The van der Waals surface area contributed by atoms with Crippen molar-refractivity contribution in [2.75, 3.05) is 11.9 Å². The van der Waals surface area contributed by atoms with Gasteiger partial charge in [-0.15, -0.1) is 0 Å². The summed E-state index contributed by atoms with van der Waals surface area (Å²) >= 11 is 0. The van der Waals surface area contributed by atoms with Crippen LogP contribution in [0.4, 0.5) is 5.69 Å². The lowest BCUT2D eigenvalue weighted by molar-refractivity contribution is -0.544. The highest BCUT2D eigenvalue weighted by atomic mass is 16.6. The number of nitro groups is 1. The highest BCUT2D eigenvalue weighted by molar-refractivity contribution is 5.97. The Bertz CT molecular complexity index is 469. The van der Waals surface area contributed by atoms with Crippen LogP contribution >= 0.6 is 0 Å². The molecule has 6 heteroatoms. The van der Waals surface area contributed by atoms with Gasteiger partial charge < -0.3 is 0 Å². The van der Waals surface area contributed by atoms with Crippen molar-refractivity contribution in [1.82, 2.24) is 5.01 Å². The number of benzene rings is 1. The van der Waals surface area contributed by atoms with Crippen molar-refractivity contribution in [3.8, 4) is 0 Å². The van der Waals surface area contributed by atoms with E-state index < -0.39 is 6.29 Å². The molecular weight excluding hydrogens is 220 g/mol. The number of nitrogens with zero attached hydrogens (tertiary/aromatic N) is 4. The normalized spacial score (nSPS) is 19.5. The summed E-state index contributed by atoms with van der Waals surface area (Å²) in [4.78, 5) is 12.3. The predicted octanol–water partition coefficient (Wildman–Crippen LogP) is 1.64. The first-order valence-corrected chi connectivity index (χ1v) is 5.28. The van der Waals surface area contributed by atoms with Gasteiger partial charge in [0.05, 0.1) is 10.6 Å². The molecule has 0 aliphatic carbocycles. The largest absolute Gasteiger partial charge is 0.388 e. The molecule has 0 saturated carbocycles. The minimum absolute atomic E-state index is 0.347. The number of anilines is 1. The molecule has 1 aromatic rings. The Kier molecular flexibility index (Phi) is 2.71. The van der Waals surface area contributed by atoms with Crippen LogP contribution in [0.2, 0.25) is 0 Å². The van der Waals surface area contributed by atoms with Crippen molar-refractivity contribution in [3.05, 3.63) is 39.9 Å². The van der Waals surface area contributed by atoms with Gasteiger partial charge in [0, 0.05) is 7.05 Å². The van der Waals surface area contributed by atoms with Crippen molar-refractivity contribution in [1.29, 1.82) is 0 Å². The van der Waals surface area contributed by atoms with Crippen LogP contribution in [0, 0.1) is 17.0 Å². The maximum absolute atomic E-state index is 11.1. The van der Waals surface area contributed by atoms with Gasteiger partial charge in [0.2, 0.25) is 0 Å². The van der Waals surface area contributed by atoms with E-state index in [4.69, 9.17) is 0 Å². The van der Waals surface area contributed by atoms with Crippen LogP contribution in [0.5, 0.6) is 0 Å². The third-order valence-corrected chi connectivity index (χ3v) is 2.72. The van der Waals surface area contributed by atoms with Crippen LogP contribution in [0.1, 0.15) is 12.5 Å². The van der Waals surface area contributed by atoms with Gasteiger partial charge in [-0.05, 0) is 26.0 Å². The fourth-order valence-electron chi connectivity index (χ4n) is 1.92. The first kappa shape index (κ1) is 11.4. The first-order valence-electron chi connectivity index (χ1n) is 5.28. The molecule has 1 aliphatic heterocycles. The quantitative estimate of drug-likeness (QED) is 0.576. The number of hydrogen-bond acceptors (Lipinski definition) is 5. The second-order valence-electron chi connectivity index (χ2n) is 4.06. The molecule has 0 radical (unpaired) electrons. The van der Waals surface area contributed by atoms with Crippen molar-refractivity contribution >= 4 is 11.5 Å². The molecule has 0 amide bonds. The zero-order valence-corrected chi connectivity index (χ0v) is 9.99. The minimum atomic E-state index is -0.960. The van der Waals surface area contributed by atoms with E-state index in [0.717, 1.165) is 11.3 Å². The fourth-order valence-corrected chi connectivity index (χ4v) is 1.92. The van der Waals surface area contributed by atoms with E-state index in [9.17, 15) is 10.1 Å². The molecule has 0 spiro atoms. The monoisotopic (exact) mass is 234 g/mol. The van der Waals surface area contributed by atoms with Crippen molar-refractivity contribution < 1.29 is 4.92 Å². The molecule has 1 aliphatic rings.